The van der Waals surface area contributed by atoms with Crippen molar-refractivity contribution in [1.29, 1.82) is 0 Å². The fourth-order valence-corrected chi connectivity index (χ4v) is 1.66. The minimum Gasteiger partial charge on any atom is -0.324 e. The molecule has 0 heterocycles. The molecular weight excluding hydrogens is 248 g/mol. The minimum atomic E-state index is -0.379. The molecule has 0 saturated heterocycles. The van der Waals surface area contributed by atoms with Crippen molar-refractivity contribution in [2.75, 3.05) is 0 Å². The largest absolute Gasteiger partial charge is 0.324 e. The van der Waals surface area contributed by atoms with E-state index in [9.17, 15) is 4.39 Å². The second-order valence-electron chi connectivity index (χ2n) is 4.22. The average molecular weight is 266 g/mol. The molecule has 0 unspecified atom stereocenters. The lowest BCUT2D eigenvalue weighted by Crippen LogP contribution is -2.13. The zero-order chi connectivity index (χ0) is 11.4. The summed E-state index contributed by atoms with van der Waals surface area (Å²) in [6.45, 7) is 4.25. The van der Waals surface area contributed by atoms with Crippen molar-refractivity contribution in [3.63, 3.8) is 0 Å². The molecule has 0 aromatic heterocycles. The molecule has 0 spiro atoms. The van der Waals surface area contributed by atoms with E-state index in [0.717, 1.165) is 12.8 Å². The lowest BCUT2D eigenvalue weighted by Gasteiger charge is -2.14. The van der Waals surface area contributed by atoms with Crippen LogP contribution < -0.4 is 5.73 Å². The van der Waals surface area contributed by atoms with Crippen LogP contribution in [0.4, 0.5) is 4.39 Å². The van der Waals surface area contributed by atoms with Crippen LogP contribution >= 0.6 is 24.0 Å². The number of hydrogen-bond donors (Lipinski definition) is 1. The molecule has 0 aliphatic heterocycles. The summed E-state index contributed by atoms with van der Waals surface area (Å²) in [7, 11) is 0. The summed E-state index contributed by atoms with van der Waals surface area (Å²) < 4.78 is 13.6. The van der Waals surface area contributed by atoms with Crippen LogP contribution in [0.15, 0.2) is 18.2 Å². The molecule has 0 aliphatic rings. The summed E-state index contributed by atoms with van der Waals surface area (Å²) in [5.74, 6) is 0.203. The predicted molar refractivity (Wildman–Crippen MR) is 69.7 cm³/mol. The Kier molecular flexibility index (Phi) is 6.96. The van der Waals surface area contributed by atoms with Crippen LogP contribution in [-0.4, -0.2) is 0 Å². The van der Waals surface area contributed by atoms with Crippen LogP contribution in [0.2, 0.25) is 5.02 Å². The van der Waals surface area contributed by atoms with E-state index >= 15 is 0 Å². The van der Waals surface area contributed by atoms with Crippen molar-refractivity contribution in [3.05, 3.63) is 34.6 Å². The Bertz CT molecular complexity index is 329. The monoisotopic (exact) mass is 265 g/mol. The molecule has 0 fully saturated rings. The molecule has 1 aromatic rings. The Labute approximate surface area is 108 Å². The van der Waals surface area contributed by atoms with Crippen molar-refractivity contribution in [2.45, 2.75) is 32.7 Å². The summed E-state index contributed by atoms with van der Waals surface area (Å²) >= 11 is 5.69. The van der Waals surface area contributed by atoms with Gasteiger partial charge in [0, 0.05) is 11.6 Å². The fraction of sp³-hybridized carbons (Fsp3) is 0.500. The second kappa shape index (κ2) is 7.10. The number of rotatable bonds is 4. The summed E-state index contributed by atoms with van der Waals surface area (Å²) in [4.78, 5) is 0. The van der Waals surface area contributed by atoms with Gasteiger partial charge in [-0.25, -0.2) is 4.39 Å². The van der Waals surface area contributed by atoms with E-state index in [4.69, 9.17) is 17.3 Å². The highest BCUT2D eigenvalue weighted by Gasteiger charge is 2.13. The highest BCUT2D eigenvalue weighted by atomic mass is 35.5. The van der Waals surface area contributed by atoms with Gasteiger partial charge < -0.3 is 5.73 Å². The van der Waals surface area contributed by atoms with Gasteiger partial charge in [0.05, 0.1) is 5.02 Å². The third-order valence-electron chi connectivity index (χ3n) is 2.44. The Balaban J connectivity index is 0.00000225. The Morgan fingerprint density at radius 2 is 1.94 bits per heavy atom. The van der Waals surface area contributed by atoms with Gasteiger partial charge in [0.2, 0.25) is 0 Å². The van der Waals surface area contributed by atoms with E-state index in [1.54, 1.807) is 12.1 Å². The van der Waals surface area contributed by atoms with Gasteiger partial charge >= 0.3 is 0 Å². The van der Waals surface area contributed by atoms with Crippen molar-refractivity contribution >= 4 is 24.0 Å². The van der Waals surface area contributed by atoms with Crippen LogP contribution in [0.3, 0.4) is 0 Å². The molecule has 92 valence electrons. The van der Waals surface area contributed by atoms with Crippen molar-refractivity contribution in [1.82, 2.24) is 0 Å². The van der Waals surface area contributed by atoms with Crippen LogP contribution in [0.1, 0.15) is 38.3 Å². The molecule has 0 saturated carbocycles. The Morgan fingerprint density at radius 1 is 1.31 bits per heavy atom. The molecule has 16 heavy (non-hydrogen) atoms. The smallest absolute Gasteiger partial charge is 0.146 e. The SMILES string of the molecule is CC(C)CC[C@@H](N)c1cccc(Cl)c1F.Cl. The number of nitrogens with two attached hydrogens (primary N) is 1. The van der Waals surface area contributed by atoms with Crippen LogP contribution in [-0.2, 0) is 0 Å². The number of benzene rings is 1. The molecule has 2 N–H and O–H groups in total. The van der Waals surface area contributed by atoms with Crippen LogP contribution in [0.25, 0.3) is 0 Å². The second-order valence-corrected chi connectivity index (χ2v) is 4.63. The molecule has 1 nitrogen and oxygen atoms in total. The van der Waals surface area contributed by atoms with Gasteiger partial charge in [-0.05, 0) is 24.8 Å². The summed E-state index contributed by atoms with van der Waals surface area (Å²) in [5, 5.41) is 0.146. The maximum Gasteiger partial charge on any atom is 0.146 e. The van der Waals surface area contributed by atoms with Gasteiger partial charge in [-0.1, -0.05) is 37.6 Å². The highest BCUT2D eigenvalue weighted by Crippen LogP contribution is 2.25. The maximum absolute atomic E-state index is 13.6. The highest BCUT2D eigenvalue weighted by molar-refractivity contribution is 6.30. The van der Waals surface area contributed by atoms with E-state index < -0.39 is 0 Å². The maximum atomic E-state index is 13.6. The Morgan fingerprint density at radius 3 is 2.50 bits per heavy atom. The van der Waals surface area contributed by atoms with Gasteiger partial charge in [0.15, 0.2) is 0 Å². The summed E-state index contributed by atoms with van der Waals surface area (Å²) in [5.41, 5.74) is 6.43. The minimum absolute atomic E-state index is 0. The lowest BCUT2D eigenvalue weighted by molar-refractivity contribution is 0.491. The predicted octanol–water partition coefficient (Wildman–Crippen LogP) is 4.34. The van der Waals surface area contributed by atoms with E-state index in [1.165, 1.54) is 6.07 Å². The lowest BCUT2D eigenvalue weighted by atomic mass is 9.98. The van der Waals surface area contributed by atoms with E-state index in [0.29, 0.717) is 11.5 Å². The first kappa shape index (κ1) is 15.7. The summed E-state index contributed by atoms with van der Waals surface area (Å²) in [6.07, 6.45) is 1.78. The topological polar surface area (TPSA) is 26.0 Å². The van der Waals surface area contributed by atoms with Gasteiger partial charge in [-0.2, -0.15) is 0 Å². The first-order chi connectivity index (χ1) is 7.02. The van der Waals surface area contributed by atoms with Crippen molar-refractivity contribution in [2.24, 2.45) is 11.7 Å². The van der Waals surface area contributed by atoms with Crippen LogP contribution in [0.5, 0.6) is 0 Å². The van der Waals surface area contributed by atoms with Crippen LogP contribution in [0, 0.1) is 11.7 Å². The summed E-state index contributed by atoms with van der Waals surface area (Å²) in [6, 6.07) is 4.71. The van der Waals surface area contributed by atoms with E-state index in [2.05, 4.69) is 13.8 Å². The fourth-order valence-electron chi connectivity index (χ4n) is 1.48. The van der Waals surface area contributed by atoms with Gasteiger partial charge in [-0.15, -0.1) is 12.4 Å². The van der Waals surface area contributed by atoms with Gasteiger partial charge in [0.25, 0.3) is 0 Å². The quantitative estimate of drug-likeness (QED) is 0.862. The Hall–Kier alpha value is -0.310. The molecule has 1 atom stereocenters. The number of halogens is 3. The standard InChI is InChI=1S/C12H17ClFN.ClH/c1-8(2)6-7-11(15)9-4-3-5-10(13)12(9)14;/h3-5,8,11H,6-7,15H2,1-2H3;1H/t11-;/m1./s1. The average Bonchev–Trinajstić information content (AvgIpc) is 2.18. The molecule has 0 radical (unpaired) electrons. The van der Waals surface area contributed by atoms with E-state index in [1.807, 2.05) is 0 Å². The van der Waals surface area contributed by atoms with Crippen molar-refractivity contribution in [3.8, 4) is 0 Å². The normalized spacial score (nSPS) is 12.4. The molecular formula is C12H18Cl2FN. The third kappa shape index (κ3) is 4.28. The molecule has 1 rings (SSSR count). The molecule has 0 aliphatic carbocycles. The molecule has 1 aromatic carbocycles. The third-order valence-corrected chi connectivity index (χ3v) is 2.73. The number of hydrogen-bond acceptors (Lipinski definition) is 1. The van der Waals surface area contributed by atoms with Gasteiger partial charge in [0.1, 0.15) is 5.82 Å². The van der Waals surface area contributed by atoms with E-state index in [-0.39, 0.29) is 29.3 Å². The zero-order valence-electron chi connectivity index (χ0n) is 9.54. The molecule has 0 amide bonds. The first-order valence-corrected chi connectivity index (χ1v) is 5.59. The van der Waals surface area contributed by atoms with Crippen molar-refractivity contribution < 1.29 is 4.39 Å². The zero-order valence-corrected chi connectivity index (χ0v) is 11.1. The molecule has 4 heteroatoms. The first-order valence-electron chi connectivity index (χ1n) is 5.22. The molecule has 0 bridgehead atoms. The van der Waals surface area contributed by atoms with Gasteiger partial charge in [-0.3, -0.25) is 0 Å².